The summed E-state index contributed by atoms with van der Waals surface area (Å²) in [6, 6.07) is 3.79. The normalized spacial score (nSPS) is 11.4. The van der Waals surface area contributed by atoms with E-state index in [0.29, 0.717) is 15.9 Å². The van der Waals surface area contributed by atoms with Crippen LogP contribution in [0.4, 0.5) is 0 Å². The highest BCUT2D eigenvalue weighted by molar-refractivity contribution is 8.13. The first kappa shape index (κ1) is 11.1. The van der Waals surface area contributed by atoms with E-state index in [4.69, 9.17) is 18.0 Å². The monoisotopic (exact) mass is 225 g/mol. The van der Waals surface area contributed by atoms with Gasteiger partial charge in [-0.2, -0.15) is 0 Å². The number of hydrogen-bond acceptors (Lipinski definition) is 3. The second kappa shape index (κ2) is 5.07. The maximum absolute atomic E-state index is 5.54. The van der Waals surface area contributed by atoms with Crippen LogP contribution in [0.3, 0.4) is 0 Å². The average Bonchev–Trinajstić information content (AvgIpc) is 2.18. The van der Waals surface area contributed by atoms with Gasteiger partial charge in [0.2, 0.25) is 0 Å². The molecule has 0 saturated carbocycles. The van der Waals surface area contributed by atoms with E-state index in [-0.39, 0.29) is 0 Å². The van der Waals surface area contributed by atoms with Gasteiger partial charge in [-0.25, -0.2) is 4.99 Å². The van der Waals surface area contributed by atoms with Crippen LogP contribution < -0.4 is 5.73 Å². The van der Waals surface area contributed by atoms with Crippen molar-refractivity contribution in [2.24, 2.45) is 10.7 Å². The Hall–Kier alpha value is -0.940. The summed E-state index contributed by atoms with van der Waals surface area (Å²) in [5, 5.41) is 0.456. The van der Waals surface area contributed by atoms with Crippen LogP contribution >= 0.6 is 24.0 Å². The molecule has 74 valence electrons. The largest absolute Gasteiger partial charge is 0.378 e. The van der Waals surface area contributed by atoms with Crippen molar-refractivity contribution in [2.75, 3.05) is 6.26 Å². The van der Waals surface area contributed by atoms with E-state index >= 15 is 0 Å². The van der Waals surface area contributed by atoms with Crippen molar-refractivity contribution in [1.82, 2.24) is 4.98 Å². The zero-order valence-corrected chi connectivity index (χ0v) is 9.65. The first-order valence-corrected chi connectivity index (χ1v) is 5.62. The third-order valence-electron chi connectivity index (χ3n) is 1.55. The second-order valence-electron chi connectivity index (χ2n) is 2.68. The Morgan fingerprint density at radius 3 is 2.79 bits per heavy atom. The van der Waals surface area contributed by atoms with Gasteiger partial charge < -0.3 is 5.73 Å². The van der Waals surface area contributed by atoms with Crippen molar-refractivity contribution in [3.8, 4) is 0 Å². The van der Waals surface area contributed by atoms with Gasteiger partial charge in [0.05, 0.1) is 5.69 Å². The number of hydrogen-bond donors (Lipinski definition) is 1. The van der Waals surface area contributed by atoms with Gasteiger partial charge in [-0.15, -0.1) is 0 Å². The summed E-state index contributed by atoms with van der Waals surface area (Å²) in [5.74, 6) is 0. The lowest BCUT2D eigenvalue weighted by atomic mass is 10.3. The number of thiocarbonyl (C=S) groups is 1. The first-order valence-electron chi connectivity index (χ1n) is 3.98. The average molecular weight is 225 g/mol. The number of rotatable bonds is 1. The maximum atomic E-state index is 5.54. The van der Waals surface area contributed by atoms with Gasteiger partial charge >= 0.3 is 0 Å². The highest BCUT2D eigenvalue weighted by atomic mass is 32.2. The van der Waals surface area contributed by atoms with Gasteiger partial charge in [-0.1, -0.05) is 30.0 Å². The molecule has 0 unspecified atom stereocenters. The van der Waals surface area contributed by atoms with Gasteiger partial charge in [0.15, 0.2) is 10.2 Å². The molecule has 2 N–H and O–H groups in total. The number of aromatic nitrogens is 1. The zero-order chi connectivity index (χ0) is 10.6. The number of thioether (sulfide) groups is 1. The summed E-state index contributed by atoms with van der Waals surface area (Å²) in [4.78, 5) is 8.60. The Morgan fingerprint density at radius 2 is 2.29 bits per heavy atom. The van der Waals surface area contributed by atoms with Gasteiger partial charge in [-0.05, 0) is 24.8 Å². The molecule has 0 amide bonds. The van der Waals surface area contributed by atoms with Crippen LogP contribution in [0, 0.1) is 6.92 Å². The fraction of sp³-hybridized carbons (Fsp3) is 0.222. The SMILES string of the molecule is CSC(N)=NC(=S)c1ccc(C)cn1. The van der Waals surface area contributed by atoms with E-state index in [2.05, 4.69) is 9.98 Å². The van der Waals surface area contributed by atoms with Crippen LogP contribution in [0.25, 0.3) is 0 Å². The minimum absolute atomic E-state index is 0.428. The number of aliphatic imine (C=N–C) groups is 1. The van der Waals surface area contributed by atoms with Crippen molar-refractivity contribution in [3.63, 3.8) is 0 Å². The number of pyridine rings is 1. The zero-order valence-electron chi connectivity index (χ0n) is 8.02. The molecule has 0 aliphatic rings. The lowest BCUT2D eigenvalue weighted by Gasteiger charge is -1.99. The molecule has 0 atom stereocenters. The van der Waals surface area contributed by atoms with Crippen LogP contribution in [0.2, 0.25) is 0 Å². The predicted molar refractivity (Wildman–Crippen MR) is 65.8 cm³/mol. The first-order chi connectivity index (χ1) is 6.63. The molecule has 5 heteroatoms. The molecule has 0 saturated heterocycles. The predicted octanol–water partition coefficient (Wildman–Crippen LogP) is 1.74. The topological polar surface area (TPSA) is 51.3 Å². The number of aryl methyl sites for hydroxylation is 1. The molecule has 1 aromatic heterocycles. The van der Waals surface area contributed by atoms with E-state index in [9.17, 15) is 0 Å². The van der Waals surface area contributed by atoms with Crippen LogP contribution in [-0.2, 0) is 0 Å². The number of nitrogens with two attached hydrogens (primary N) is 1. The quantitative estimate of drug-likeness (QED) is 0.449. The molecule has 0 aromatic carbocycles. The highest BCUT2D eigenvalue weighted by Crippen LogP contribution is 2.03. The fourth-order valence-electron chi connectivity index (χ4n) is 0.797. The standard InChI is InChI=1S/C9H11N3S2/c1-6-3-4-7(11-5-6)8(13)12-9(10)14-2/h3-5H,1-2H3,(H2,10,12,13). The molecule has 0 aliphatic carbocycles. The molecule has 0 spiro atoms. The maximum Gasteiger partial charge on any atom is 0.159 e. The van der Waals surface area contributed by atoms with Crippen LogP contribution in [0.15, 0.2) is 23.3 Å². The lowest BCUT2D eigenvalue weighted by molar-refractivity contribution is 1.24. The minimum Gasteiger partial charge on any atom is -0.378 e. The van der Waals surface area contributed by atoms with Crippen LogP contribution in [-0.4, -0.2) is 21.4 Å². The third kappa shape index (κ3) is 3.08. The van der Waals surface area contributed by atoms with E-state index < -0.39 is 0 Å². The van der Waals surface area contributed by atoms with Crippen molar-refractivity contribution >= 4 is 34.1 Å². The lowest BCUT2D eigenvalue weighted by Crippen LogP contribution is -2.09. The van der Waals surface area contributed by atoms with Crippen molar-refractivity contribution in [2.45, 2.75) is 6.92 Å². The smallest absolute Gasteiger partial charge is 0.159 e. The molecular formula is C9H11N3S2. The summed E-state index contributed by atoms with van der Waals surface area (Å²) < 4.78 is 0. The molecule has 1 rings (SSSR count). The molecule has 1 heterocycles. The van der Waals surface area contributed by atoms with Crippen molar-refractivity contribution in [3.05, 3.63) is 29.6 Å². The Balaban J connectivity index is 2.85. The van der Waals surface area contributed by atoms with Gasteiger partial charge in [-0.3, -0.25) is 4.98 Å². The van der Waals surface area contributed by atoms with Gasteiger partial charge in [0.25, 0.3) is 0 Å². The number of nitrogens with zero attached hydrogens (tertiary/aromatic N) is 2. The van der Waals surface area contributed by atoms with Gasteiger partial charge in [0, 0.05) is 6.20 Å². The summed E-state index contributed by atoms with van der Waals surface area (Å²) in [7, 11) is 0. The molecule has 1 aromatic rings. The Bertz CT molecular complexity index is 357. The van der Waals surface area contributed by atoms with Gasteiger partial charge in [0.1, 0.15) is 0 Å². The fourth-order valence-corrected chi connectivity index (χ4v) is 1.26. The Labute approximate surface area is 92.8 Å². The molecule has 14 heavy (non-hydrogen) atoms. The molecular weight excluding hydrogens is 214 g/mol. The molecule has 0 fully saturated rings. The molecule has 3 nitrogen and oxygen atoms in total. The molecule has 0 radical (unpaired) electrons. The second-order valence-corrected chi connectivity index (χ2v) is 3.89. The minimum atomic E-state index is 0.428. The van der Waals surface area contributed by atoms with Crippen LogP contribution in [0.5, 0.6) is 0 Å². The van der Waals surface area contributed by atoms with E-state index in [1.165, 1.54) is 11.8 Å². The summed E-state index contributed by atoms with van der Waals surface area (Å²) in [6.45, 7) is 1.97. The molecule has 0 bridgehead atoms. The highest BCUT2D eigenvalue weighted by Gasteiger charge is 2.00. The van der Waals surface area contributed by atoms with E-state index in [1.807, 2.05) is 25.3 Å². The van der Waals surface area contributed by atoms with Crippen molar-refractivity contribution < 1.29 is 0 Å². The summed E-state index contributed by atoms with van der Waals surface area (Å²) in [6.07, 6.45) is 3.61. The molecule has 0 aliphatic heterocycles. The third-order valence-corrected chi connectivity index (χ3v) is 2.36. The van der Waals surface area contributed by atoms with E-state index in [0.717, 1.165) is 5.56 Å². The van der Waals surface area contributed by atoms with E-state index in [1.54, 1.807) is 6.20 Å². The number of amidine groups is 1. The Morgan fingerprint density at radius 1 is 1.57 bits per heavy atom. The van der Waals surface area contributed by atoms with Crippen molar-refractivity contribution in [1.29, 1.82) is 0 Å². The summed E-state index contributed by atoms with van der Waals surface area (Å²) in [5.41, 5.74) is 7.32. The Kier molecular flexibility index (Phi) is 4.03. The summed E-state index contributed by atoms with van der Waals surface area (Å²) >= 11 is 6.43. The van der Waals surface area contributed by atoms with Crippen LogP contribution in [0.1, 0.15) is 11.3 Å².